The second-order valence-corrected chi connectivity index (χ2v) is 5.41. The van der Waals surface area contributed by atoms with Crippen LogP contribution in [0.5, 0.6) is 0 Å². The quantitative estimate of drug-likeness (QED) is 0.895. The molecule has 1 amide bonds. The minimum Gasteiger partial charge on any atom is -0.480 e. The Morgan fingerprint density at radius 2 is 2.11 bits per heavy atom. The maximum absolute atomic E-state index is 12.3. The summed E-state index contributed by atoms with van der Waals surface area (Å²) in [6, 6.07) is 1.72. The van der Waals surface area contributed by atoms with E-state index in [2.05, 4.69) is 20.9 Å². The molecule has 0 aromatic carbocycles. The molecule has 1 aromatic rings. The third-order valence-electron chi connectivity index (χ3n) is 3.21. The molecule has 1 aliphatic carbocycles. The van der Waals surface area contributed by atoms with E-state index < -0.39 is 5.97 Å². The number of aromatic nitrogens is 1. The highest BCUT2D eigenvalue weighted by Crippen LogP contribution is 2.25. The van der Waals surface area contributed by atoms with Crippen molar-refractivity contribution >= 4 is 27.8 Å². The SMILES string of the molecule is O=C(O)CN(C(=O)c1cc(Br)c[nH]1)C1CCCC1. The lowest BCUT2D eigenvalue weighted by Gasteiger charge is -2.26. The summed E-state index contributed by atoms with van der Waals surface area (Å²) in [7, 11) is 0. The van der Waals surface area contributed by atoms with Gasteiger partial charge in [-0.1, -0.05) is 12.8 Å². The predicted octanol–water partition coefficient (Wildman–Crippen LogP) is 2.25. The Balaban J connectivity index is 2.17. The number of hydrogen-bond donors (Lipinski definition) is 2. The molecule has 98 valence electrons. The van der Waals surface area contributed by atoms with Crippen molar-refractivity contribution in [3.05, 3.63) is 22.4 Å². The third-order valence-corrected chi connectivity index (χ3v) is 3.67. The standard InChI is InChI=1S/C12H15BrN2O3/c13-8-5-10(14-6-8)12(18)15(7-11(16)17)9-3-1-2-4-9/h5-6,9,14H,1-4,7H2,(H,16,17). The number of nitrogens with zero attached hydrogens (tertiary/aromatic N) is 1. The van der Waals surface area contributed by atoms with Crippen molar-refractivity contribution in [1.29, 1.82) is 0 Å². The fraction of sp³-hybridized carbons (Fsp3) is 0.500. The van der Waals surface area contributed by atoms with Crippen LogP contribution in [0.25, 0.3) is 0 Å². The third kappa shape index (κ3) is 2.93. The fourth-order valence-electron chi connectivity index (χ4n) is 2.37. The van der Waals surface area contributed by atoms with E-state index >= 15 is 0 Å². The minimum absolute atomic E-state index is 0.0516. The summed E-state index contributed by atoms with van der Waals surface area (Å²) < 4.78 is 0.785. The zero-order chi connectivity index (χ0) is 13.1. The van der Waals surface area contributed by atoms with Gasteiger partial charge in [0.1, 0.15) is 12.2 Å². The second-order valence-electron chi connectivity index (χ2n) is 4.50. The van der Waals surface area contributed by atoms with Crippen LogP contribution >= 0.6 is 15.9 Å². The number of amides is 1. The maximum Gasteiger partial charge on any atom is 0.323 e. The summed E-state index contributed by atoms with van der Waals surface area (Å²) in [6.07, 6.45) is 5.56. The second kappa shape index (κ2) is 5.56. The summed E-state index contributed by atoms with van der Waals surface area (Å²) in [4.78, 5) is 27.5. The van der Waals surface area contributed by atoms with Gasteiger partial charge in [0.2, 0.25) is 0 Å². The molecule has 2 rings (SSSR count). The first kappa shape index (κ1) is 13.1. The Morgan fingerprint density at radius 3 is 2.61 bits per heavy atom. The van der Waals surface area contributed by atoms with E-state index in [1.165, 1.54) is 4.90 Å². The van der Waals surface area contributed by atoms with Crippen LogP contribution in [0.4, 0.5) is 0 Å². The van der Waals surface area contributed by atoms with Crippen LogP contribution in [-0.4, -0.2) is 39.5 Å². The van der Waals surface area contributed by atoms with Gasteiger partial charge in [0.05, 0.1) is 0 Å². The van der Waals surface area contributed by atoms with Crippen LogP contribution in [0.2, 0.25) is 0 Å². The molecular weight excluding hydrogens is 300 g/mol. The van der Waals surface area contributed by atoms with Crippen molar-refractivity contribution in [2.24, 2.45) is 0 Å². The molecule has 1 saturated carbocycles. The molecule has 1 aromatic heterocycles. The minimum atomic E-state index is -0.971. The van der Waals surface area contributed by atoms with Gasteiger partial charge in [-0.15, -0.1) is 0 Å². The lowest BCUT2D eigenvalue weighted by Crippen LogP contribution is -2.42. The molecule has 18 heavy (non-hydrogen) atoms. The first-order chi connectivity index (χ1) is 8.58. The van der Waals surface area contributed by atoms with Gasteiger partial charge in [-0.3, -0.25) is 9.59 Å². The van der Waals surface area contributed by atoms with E-state index in [4.69, 9.17) is 5.11 Å². The zero-order valence-corrected chi connectivity index (χ0v) is 11.4. The van der Waals surface area contributed by atoms with Crippen LogP contribution in [0.3, 0.4) is 0 Å². The molecule has 0 aliphatic heterocycles. The van der Waals surface area contributed by atoms with Gasteiger partial charge in [-0.2, -0.15) is 0 Å². The Kier molecular flexibility index (Phi) is 4.06. The summed E-state index contributed by atoms with van der Waals surface area (Å²) >= 11 is 3.27. The van der Waals surface area contributed by atoms with Gasteiger partial charge in [0, 0.05) is 16.7 Å². The highest BCUT2D eigenvalue weighted by Gasteiger charge is 2.29. The number of carboxylic acids is 1. The van der Waals surface area contributed by atoms with Gasteiger partial charge in [0.25, 0.3) is 5.91 Å². The Bertz CT molecular complexity index is 452. The van der Waals surface area contributed by atoms with E-state index in [1.54, 1.807) is 12.3 Å². The molecule has 0 bridgehead atoms. The molecule has 0 saturated heterocycles. The van der Waals surface area contributed by atoms with Crippen LogP contribution in [0, 0.1) is 0 Å². The van der Waals surface area contributed by atoms with Gasteiger partial charge in [0.15, 0.2) is 0 Å². The van der Waals surface area contributed by atoms with Gasteiger partial charge in [-0.05, 0) is 34.8 Å². The number of rotatable bonds is 4. The summed E-state index contributed by atoms with van der Waals surface area (Å²) in [5, 5.41) is 8.93. The molecule has 0 unspecified atom stereocenters. The Morgan fingerprint density at radius 1 is 1.44 bits per heavy atom. The van der Waals surface area contributed by atoms with E-state index in [0.717, 1.165) is 30.2 Å². The van der Waals surface area contributed by atoms with Crippen LogP contribution in [-0.2, 0) is 4.79 Å². The number of hydrogen-bond acceptors (Lipinski definition) is 2. The highest BCUT2D eigenvalue weighted by atomic mass is 79.9. The molecular formula is C12H15BrN2O3. The molecule has 0 atom stereocenters. The topological polar surface area (TPSA) is 73.4 Å². The first-order valence-electron chi connectivity index (χ1n) is 5.94. The van der Waals surface area contributed by atoms with Crippen molar-refractivity contribution in [2.45, 2.75) is 31.7 Å². The molecule has 1 heterocycles. The van der Waals surface area contributed by atoms with Gasteiger partial charge in [-0.25, -0.2) is 0 Å². The van der Waals surface area contributed by atoms with Crippen molar-refractivity contribution < 1.29 is 14.7 Å². The highest BCUT2D eigenvalue weighted by molar-refractivity contribution is 9.10. The molecule has 0 spiro atoms. The van der Waals surface area contributed by atoms with Gasteiger partial charge >= 0.3 is 5.97 Å². The number of carboxylic acid groups (broad SMARTS) is 1. The smallest absolute Gasteiger partial charge is 0.323 e. The Hall–Kier alpha value is -1.30. The zero-order valence-electron chi connectivity index (χ0n) is 9.86. The monoisotopic (exact) mass is 314 g/mol. The lowest BCUT2D eigenvalue weighted by atomic mass is 10.2. The van der Waals surface area contributed by atoms with Crippen molar-refractivity contribution in [2.75, 3.05) is 6.54 Å². The number of carbonyl (C=O) groups excluding carboxylic acids is 1. The summed E-state index contributed by atoms with van der Waals surface area (Å²) in [5.74, 6) is -1.21. The van der Waals surface area contributed by atoms with Crippen LogP contribution in [0.1, 0.15) is 36.2 Å². The molecule has 5 nitrogen and oxygen atoms in total. The van der Waals surface area contributed by atoms with Crippen molar-refractivity contribution in [1.82, 2.24) is 9.88 Å². The van der Waals surface area contributed by atoms with E-state index in [0.29, 0.717) is 5.69 Å². The fourth-order valence-corrected chi connectivity index (χ4v) is 2.72. The predicted molar refractivity (Wildman–Crippen MR) is 69.4 cm³/mol. The molecule has 6 heteroatoms. The van der Waals surface area contributed by atoms with Gasteiger partial charge < -0.3 is 15.0 Å². The average Bonchev–Trinajstić information content (AvgIpc) is 2.95. The molecule has 1 aliphatic rings. The number of halogens is 1. The number of nitrogens with one attached hydrogen (secondary N) is 1. The largest absolute Gasteiger partial charge is 0.480 e. The maximum atomic E-state index is 12.3. The first-order valence-corrected chi connectivity index (χ1v) is 6.74. The summed E-state index contributed by atoms with van der Waals surface area (Å²) in [5.41, 5.74) is 0.426. The Labute approximate surface area is 113 Å². The average molecular weight is 315 g/mol. The number of carbonyl (C=O) groups is 2. The van der Waals surface area contributed by atoms with Crippen molar-refractivity contribution in [3.8, 4) is 0 Å². The number of H-pyrrole nitrogens is 1. The van der Waals surface area contributed by atoms with Crippen molar-refractivity contribution in [3.63, 3.8) is 0 Å². The lowest BCUT2D eigenvalue weighted by molar-refractivity contribution is -0.138. The summed E-state index contributed by atoms with van der Waals surface area (Å²) in [6.45, 7) is -0.236. The van der Waals surface area contributed by atoms with E-state index in [-0.39, 0.29) is 18.5 Å². The van der Waals surface area contributed by atoms with Crippen LogP contribution < -0.4 is 0 Å². The number of aromatic amines is 1. The van der Waals surface area contributed by atoms with Crippen LogP contribution in [0.15, 0.2) is 16.7 Å². The molecule has 1 fully saturated rings. The van der Waals surface area contributed by atoms with E-state index in [9.17, 15) is 9.59 Å². The molecule has 2 N–H and O–H groups in total. The van der Waals surface area contributed by atoms with E-state index in [1.807, 2.05) is 0 Å². The number of aliphatic carboxylic acids is 1. The normalized spacial score (nSPS) is 15.8. The molecule has 0 radical (unpaired) electrons.